The molecule has 94 valence electrons. The van der Waals surface area contributed by atoms with Crippen LogP contribution in [0.4, 0.5) is 8.78 Å². The van der Waals surface area contributed by atoms with Gasteiger partial charge in [0.15, 0.2) is 0 Å². The maximum absolute atomic E-state index is 11.7. The summed E-state index contributed by atoms with van der Waals surface area (Å²) in [5.74, 6) is -0.136. The van der Waals surface area contributed by atoms with E-state index >= 15 is 0 Å². The lowest BCUT2D eigenvalue weighted by Gasteiger charge is -2.23. The molecule has 0 aliphatic carbocycles. The zero-order valence-electron chi connectivity index (χ0n) is 9.18. The van der Waals surface area contributed by atoms with Gasteiger partial charge in [-0.15, -0.1) is 0 Å². The van der Waals surface area contributed by atoms with Crippen LogP contribution in [-0.2, 0) is 9.53 Å². The van der Waals surface area contributed by atoms with Crippen molar-refractivity contribution >= 4 is 5.91 Å². The minimum Gasteiger partial charge on any atom is -0.375 e. The molecule has 1 aliphatic rings. The molecule has 0 aromatic heterocycles. The fourth-order valence-corrected chi connectivity index (χ4v) is 1.61. The Kier molecular flexibility index (Phi) is 6.25. The summed E-state index contributed by atoms with van der Waals surface area (Å²) in [5, 5.41) is 6.02. The third-order valence-electron chi connectivity index (χ3n) is 2.38. The monoisotopic (exact) mass is 236 g/mol. The second-order valence-electron chi connectivity index (χ2n) is 3.83. The van der Waals surface area contributed by atoms with Gasteiger partial charge in [0.25, 0.3) is 6.43 Å². The summed E-state index contributed by atoms with van der Waals surface area (Å²) in [6.45, 7) is 1.22. The lowest BCUT2D eigenvalue weighted by atomic mass is 10.1. The van der Waals surface area contributed by atoms with Gasteiger partial charge in [0.2, 0.25) is 5.91 Å². The van der Waals surface area contributed by atoms with Gasteiger partial charge in [-0.3, -0.25) is 4.79 Å². The number of ether oxygens (including phenoxy) is 1. The molecule has 4 nitrogen and oxygen atoms in total. The van der Waals surface area contributed by atoms with Gasteiger partial charge in [-0.1, -0.05) is 0 Å². The first-order valence-electron chi connectivity index (χ1n) is 5.54. The molecule has 2 N–H and O–H groups in total. The highest BCUT2D eigenvalue weighted by Gasteiger charge is 2.14. The average Bonchev–Trinajstić information content (AvgIpc) is 2.25. The van der Waals surface area contributed by atoms with Crippen LogP contribution in [0.25, 0.3) is 0 Å². The van der Waals surface area contributed by atoms with Crippen LogP contribution in [0.3, 0.4) is 0 Å². The predicted octanol–water partition coefficient (Wildman–Crippen LogP) is 0.526. The normalized spacial score (nSPS) is 21.1. The maximum Gasteiger partial charge on any atom is 0.261 e. The zero-order chi connectivity index (χ0) is 11.8. The largest absolute Gasteiger partial charge is 0.375 e. The molecule has 0 bridgehead atoms. The van der Waals surface area contributed by atoms with E-state index in [0.29, 0.717) is 0 Å². The maximum atomic E-state index is 11.7. The van der Waals surface area contributed by atoms with E-state index in [1.54, 1.807) is 0 Å². The van der Waals surface area contributed by atoms with Gasteiger partial charge < -0.3 is 15.4 Å². The Morgan fingerprint density at radius 3 is 3.00 bits per heavy atom. The molecule has 1 aliphatic heterocycles. The molecule has 0 aromatic rings. The van der Waals surface area contributed by atoms with Crippen LogP contribution in [0.1, 0.15) is 19.3 Å². The van der Waals surface area contributed by atoms with E-state index in [-0.39, 0.29) is 25.0 Å². The van der Waals surface area contributed by atoms with Gasteiger partial charge >= 0.3 is 0 Å². The Balaban J connectivity index is 2.01. The number of rotatable bonds is 6. The Morgan fingerprint density at radius 1 is 1.56 bits per heavy atom. The summed E-state index contributed by atoms with van der Waals surface area (Å²) in [7, 11) is 0. The second-order valence-corrected chi connectivity index (χ2v) is 3.83. The van der Waals surface area contributed by atoms with Gasteiger partial charge in [-0.2, -0.15) is 0 Å². The molecule has 0 aromatic carbocycles. The third-order valence-corrected chi connectivity index (χ3v) is 2.38. The van der Waals surface area contributed by atoms with E-state index in [0.717, 1.165) is 25.9 Å². The van der Waals surface area contributed by atoms with E-state index in [1.807, 2.05) is 0 Å². The number of carbonyl (C=O) groups excluding carboxylic acids is 1. The first kappa shape index (κ1) is 13.3. The van der Waals surface area contributed by atoms with Crippen molar-refractivity contribution in [1.29, 1.82) is 0 Å². The van der Waals surface area contributed by atoms with Gasteiger partial charge in [0.05, 0.1) is 6.61 Å². The molecule has 1 unspecified atom stereocenters. The average molecular weight is 236 g/mol. The number of piperidine rings is 1. The summed E-state index contributed by atoms with van der Waals surface area (Å²) in [6, 6.07) is 0.163. The molecule has 1 heterocycles. The summed E-state index contributed by atoms with van der Waals surface area (Å²) in [4.78, 5) is 11.3. The molecule has 16 heavy (non-hydrogen) atoms. The zero-order valence-corrected chi connectivity index (χ0v) is 9.18. The minimum atomic E-state index is -2.47. The molecule has 1 saturated heterocycles. The first-order valence-corrected chi connectivity index (χ1v) is 5.54. The van der Waals surface area contributed by atoms with Crippen LogP contribution >= 0.6 is 0 Å². The minimum absolute atomic E-state index is 0.0519. The highest BCUT2D eigenvalue weighted by atomic mass is 19.3. The Bertz CT molecular complexity index is 209. The van der Waals surface area contributed by atoms with Crippen molar-refractivity contribution < 1.29 is 18.3 Å². The number of halogens is 2. The SMILES string of the molecule is O=C(CCOCC(F)F)NC1CCCNC1. The number of nitrogens with one attached hydrogen (secondary N) is 2. The van der Waals surface area contributed by atoms with Crippen molar-refractivity contribution in [1.82, 2.24) is 10.6 Å². The van der Waals surface area contributed by atoms with Crippen molar-refractivity contribution in [3.63, 3.8) is 0 Å². The molecule has 1 atom stereocenters. The lowest BCUT2D eigenvalue weighted by molar-refractivity contribution is -0.123. The standard InChI is InChI=1S/C10H18F2N2O2/c11-9(12)7-16-5-3-10(15)14-8-2-1-4-13-6-8/h8-9,13H,1-7H2,(H,14,15). The highest BCUT2D eigenvalue weighted by Crippen LogP contribution is 2.01. The van der Waals surface area contributed by atoms with Gasteiger partial charge in [0.1, 0.15) is 6.61 Å². The molecule has 6 heteroatoms. The van der Waals surface area contributed by atoms with Crippen LogP contribution < -0.4 is 10.6 Å². The molecular weight excluding hydrogens is 218 g/mol. The molecule has 1 amide bonds. The Labute approximate surface area is 93.7 Å². The van der Waals surface area contributed by atoms with Gasteiger partial charge in [-0.05, 0) is 19.4 Å². The van der Waals surface area contributed by atoms with Crippen molar-refractivity contribution in [3.05, 3.63) is 0 Å². The Hall–Kier alpha value is -0.750. The topological polar surface area (TPSA) is 50.4 Å². The molecule has 0 saturated carbocycles. The first-order chi connectivity index (χ1) is 7.68. The fourth-order valence-electron chi connectivity index (χ4n) is 1.61. The van der Waals surface area contributed by atoms with Crippen LogP contribution in [0.5, 0.6) is 0 Å². The number of amides is 1. The quantitative estimate of drug-likeness (QED) is 0.661. The highest BCUT2D eigenvalue weighted by molar-refractivity contribution is 5.76. The smallest absolute Gasteiger partial charge is 0.261 e. The van der Waals surface area contributed by atoms with Crippen molar-refractivity contribution in [3.8, 4) is 0 Å². The molecule has 0 spiro atoms. The van der Waals surface area contributed by atoms with Gasteiger partial charge in [0, 0.05) is 19.0 Å². The van der Waals surface area contributed by atoms with E-state index in [1.165, 1.54) is 0 Å². The Morgan fingerprint density at radius 2 is 2.38 bits per heavy atom. The van der Waals surface area contributed by atoms with Crippen LogP contribution in [-0.4, -0.2) is 44.7 Å². The molecule has 1 fully saturated rings. The lowest BCUT2D eigenvalue weighted by Crippen LogP contribution is -2.45. The molecule has 0 radical (unpaired) electrons. The third kappa shape index (κ3) is 5.97. The van der Waals surface area contributed by atoms with E-state index in [4.69, 9.17) is 0 Å². The van der Waals surface area contributed by atoms with Crippen molar-refractivity contribution in [2.45, 2.75) is 31.7 Å². The number of hydrogen-bond donors (Lipinski definition) is 2. The van der Waals surface area contributed by atoms with E-state index in [9.17, 15) is 13.6 Å². The number of hydrogen-bond acceptors (Lipinski definition) is 3. The summed E-state index contributed by atoms with van der Waals surface area (Å²) in [6.07, 6.45) is -0.308. The van der Waals surface area contributed by atoms with Crippen molar-refractivity contribution in [2.75, 3.05) is 26.3 Å². The van der Waals surface area contributed by atoms with E-state index < -0.39 is 13.0 Å². The number of carbonyl (C=O) groups is 1. The summed E-state index contributed by atoms with van der Waals surface area (Å²) < 4.78 is 28.0. The van der Waals surface area contributed by atoms with Crippen LogP contribution in [0.15, 0.2) is 0 Å². The predicted molar refractivity (Wildman–Crippen MR) is 55.5 cm³/mol. The van der Waals surface area contributed by atoms with Crippen LogP contribution in [0, 0.1) is 0 Å². The van der Waals surface area contributed by atoms with Gasteiger partial charge in [-0.25, -0.2) is 8.78 Å². The fraction of sp³-hybridized carbons (Fsp3) is 0.900. The summed E-state index contributed by atoms with van der Waals surface area (Å²) in [5.41, 5.74) is 0. The molecular formula is C10H18F2N2O2. The van der Waals surface area contributed by atoms with Crippen LogP contribution in [0.2, 0.25) is 0 Å². The van der Waals surface area contributed by atoms with E-state index in [2.05, 4.69) is 15.4 Å². The van der Waals surface area contributed by atoms with Crippen molar-refractivity contribution in [2.24, 2.45) is 0 Å². The number of alkyl halides is 2. The second kappa shape index (κ2) is 7.51. The molecule has 1 rings (SSSR count). The summed E-state index contributed by atoms with van der Waals surface area (Å²) >= 11 is 0.